The Morgan fingerprint density at radius 1 is 1.29 bits per heavy atom. The molecule has 0 bridgehead atoms. The summed E-state index contributed by atoms with van der Waals surface area (Å²) in [6.45, 7) is 6.22. The summed E-state index contributed by atoms with van der Waals surface area (Å²) in [5.41, 5.74) is 1.28. The lowest BCUT2D eigenvalue weighted by Crippen LogP contribution is -2.06. The van der Waals surface area contributed by atoms with Crippen molar-refractivity contribution < 1.29 is 9.53 Å². The van der Waals surface area contributed by atoms with Crippen molar-refractivity contribution in [3.8, 4) is 5.75 Å². The Hall–Kier alpha value is -0.960. The average molecular weight is 252 g/mol. The molecule has 0 aromatic heterocycles. The van der Waals surface area contributed by atoms with Gasteiger partial charge in [-0.15, -0.1) is 0 Å². The Bertz CT molecular complexity index is 357. The quantitative estimate of drug-likeness (QED) is 0.584. The van der Waals surface area contributed by atoms with E-state index in [0.717, 1.165) is 0 Å². The van der Waals surface area contributed by atoms with Crippen LogP contribution in [0.1, 0.15) is 38.0 Å². The molecule has 2 nitrogen and oxygen atoms in total. The van der Waals surface area contributed by atoms with E-state index in [4.69, 9.17) is 4.74 Å². The SMILES string of the molecule is CCC(=O)Oc1ccc(C(SC)C(C)C)cc1. The molecular weight excluding hydrogens is 232 g/mol. The van der Waals surface area contributed by atoms with E-state index in [9.17, 15) is 4.79 Å². The Labute approximate surface area is 108 Å². The summed E-state index contributed by atoms with van der Waals surface area (Å²) in [4.78, 5) is 11.1. The second-order valence-electron chi connectivity index (χ2n) is 4.30. The number of carbonyl (C=O) groups is 1. The van der Waals surface area contributed by atoms with Crippen LogP contribution >= 0.6 is 11.8 Å². The zero-order valence-corrected chi connectivity index (χ0v) is 11.7. The molecule has 0 N–H and O–H groups in total. The van der Waals surface area contributed by atoms with Crippen LogP contribution in [0.5, 0.6) is 5.75 Å². The fraction of sp³-hybridized carbons (Fsp3) is 0.500. The van der Waals surface area contributed by atoms with E-state index in [1.54, 1.807) is 6.92 Å². The highest BCUT2D eigenvalue weighted by Gasteiger charge is 2.14. The minimum absolute atomic E-state index is 0.192. The first-order chi connectivity index (χ1) is 8.08. The summed E-state index contributed by atoms with van der Waals surface area (Å²) >= 11 is 1.85. The first-order valence-electron chi connectivity index (χ1n) is 5.92. The van der Waals surface area contributed by atoms with Crippen molar-refractivity contribution in [2.24, 2.45) is 5.92 Å². The molecule has 1 rings (SSSR count). The minimum Gasteiger partial charge on any atom is -0.427 e. The minimum atomic E-state index is -0.192. The molecule has 0 spiro atoms. The molecule has 0 aliphatic carbocycles. The first kappa shape index (κ1) is 14.1. The summed E-state index contributed by atoms with van der Waals surface area (Å²) in [5, 5.41) is 0.492. The zero-order valence-electron chi connectivity index (χ0n) is 10.9. The Balaban J connectivity index is 2.76. The van der Waals surface area contributed by atoms with E-state index >= 15 is 0 Å². The van der Waals surface area contributed by atoms with E-state index in [2.05, 4.69) is 20.1 Å². The molecule has 94 valence electrons. The first-order valence-corrected chi connectivity index (χ1v) is 7.20. The molecule has 0 aliphatic rings. The maximum Gasteiger partial charge on any atom is 0.310 e. The van der Waals surface area contributed by atoms with Crippen LogP contribution in [-0.2, 0) is 4.79 Å². The number of ether oxygens (including phenoxy) is 1. The number of hydrogen-bond acceptors (Lipinski definition) is 3. The topological polar surface area (TPSA) is 26.3 Å². The van der Waals surface area contributed by atoms with Crippen LogP contribution in [-0.4, -0.2) is 12.2 Å². The van der Waals surface area contributed by atoms with Crippen molar-refractivity contribution in [3.63, 3.8) is 0 Å². The van der Waals surface area contributed by atoms with Gasteiger partial charge in [-0.05, 0) is 29.9 Å². The molecule has 1 aromatic carbocycles. The van der Waals surface area contributed by atoms with Gasteiger partial charge in [0.15, 0.2) is 0 Å². The van der Waals surface area contributed by atoms with E-state index in [0.29, 0.717) is 23.3 Å². The van der Waals surface area contributed by atoms with Crippen LogP contribution in [0.2, 0.25) is 0 Å². The second-order valence-corrected chi connectivity index (χ2v) is 5.28. The highest BCUT2D eigenvalue weighted by molar-refractivity contribution is 7.98. The second kappa shape index (κ2) is 6.70. The molecule has 0 amide bonds. The lowest BCUT2D eigenvalue weighted by atomic mass is 10.0. The molecule has 0 fully saturated rings. The van der Waals surface area contributed by atoms with Gasteiger partial charge in [-0.1, -0.05) is 32.9 Å². The summed E-state index contributed by atoms with van der Waals surface area (Å²) in [5.74, 6) is 1.03. The van der Waals surface area contributed by atoms with Crippen LogP contribution in [0.3, 0.4) is 0 Å². The van der Waals surface area contributed by atoms with Crippen molar-refractivity contribution >= 4 is 17.7 Å². The smallest absolute Gasteiger partial charge is 0.310 e. The molecule has 3 heteroatoms. The predicted octanol–water partition coefficient (Wildman–Crippen LogP) is 4.06. The monoisotopic (exact) mass is 252 g/mol. The molecule has 0 aliphatic heterocycles. The van der Waals surface area contributed by atoms with Gasteiger partial charge in [-0.3, -0.25) is 4.79 Å². The lowest BCUT2D eigenvalue weighted by molar-refractivity contribution is -0.134. The van der Waals surface area contributed by atoms with Crippen LogP contribution in [0.15, 0.2) is 24.3 Å². The van der Waals surface area contributed by atoms with Gasteiger partial charge >= 0.3 is 5.97 Å². The van der Waals surface area contributed by atoms with E-state index in [1.165, 1.54) is 5.56 Å². The van der Waals surface area contributed by atoms with Gasteiger partial charge in [0.1, 0.15) is 5.75 Å². The summed E-state index contributed by atoms with van der Waals surface area (Å²) in [6, 6.07) is 7.82. The van der Waals surface area contributed by atoms with Crippen LogP contribution in [0, 0.1) is 5.92 Å². The Kier molecular flexibility index (Phi) is 5.56. The molecule has 0 radical (unpaired) electrons. The van der Waals surface area contributed by atoms with E-state index < -0.39 is 0 Å². The summed E-state index contributed by atoms with van der Waals surface area (Å²) in [7, 11) is 0. The van der Waals surface area contributed by atoms with Crippen molar-refractivity contribution in [1.29, 1.82) is 0 Å². The van der Waals surface area contributed by atoms with Crippen LogP contribution in [0.4, 0.5) is 0 Å². The van der Waals surface area contributed by atoms with Gasteiger partial charge in [-0.25, -0.2) is 0 Å². The molecule has 1 atom stereocenters. The fourth-order valence-electron chi connectivity index (χ4n) is 1.72. The van der Waals surface area contributed by atoms with Gasteiger partial charge in [0.25, 0.3) is 0 Å². The molecule has 0 heterocycles. The van der Waals surface area contributed by atoms with Crippen molar-refractivity contribution in [1.82, 2.24) is 0 Å². The highest BCUT2D eigenvalue weighted by atomic mass is 32.2. The largest absolute Gasteiger partial charge is 0.427 e. The Morgan fingerprint density at radius 3 is 2.29 bits per heavy atom. The lowest BCUT2D eigenvalue weighted by Gasteiger charge is -2.19. The van der Waals surface area contributed by atoms with Gasteiger partial charge in [0.05, 0.1) is 0 Å². The molecular formula is C14H20O2S. The number of benzene rings is 1. The van der Waals surface area contributed by atoms with Gasteiger partial charge in [0, 0.05) is 11.7 Å². The fourth-order valence-corrected chi connectivity index (χ4v) is 2.70. The number of thioether (sulfide) groups is 1. The molecule has 1 aromatic rings. The zero-order chi connectivity index (χ0) is 12.8. The predicted molar refractivity (Wildman–Crippen MR) is 73.5 cm³/mol. The van der Waals surface area contributed by atoms with E-state index in [1.807, 2.05) is 36.0 Å². The number of carbonyl (C=O) groups excluding carboxylic acids is 1. The Morgan fingerprint density at radius 2 is 1.88 bits per heavy atom. The van der Waals surface area contributed by atoms with Crippen molar-refractivity contribution in [2.45, 2.75) is 32.4 Å². The number of rotatable bonds is 5. The molecule has 17 heavy (non-hydrogen) atoms. The number of esters is 1. The molecule has 1 unspecified atom stereocenters. The average Bonchev–Trinajstić information content (AvgIpc) is 2.31. The van der Waals surface area contributed by atoms with Gasteiger partial charge in [-0.2, -0.15) is 11.8 Å². The van der Waals surface area contributed by atoms with Crippen molar-refractivity contribution in [2.75, 3.05) is 6.26 Å². The molecule has 0 saturated heterocycles. The third kappa shape index (κ3) is 4.08. The maximum atomic E-state index is 11.1. The van der Waals surface area contributed by atoms with E-state index in [-0.39, 0.29) is 5.97 Å². The number of hydrogen-bond donors (Lipinski definition) is 0. The highest BCUT2D eigenvalue weighted by Crippen LogP contribution is 2.34. The third-order valence-electron chi connectivity index (χ3n) is 2.59. The normalized spacial score (nSPS) is 12.5. The maximum absolute atomic E-state index is 11.1. The van der Waals surface area contributed by atoms with Crippen LogP contribution < -0.4 is 4.74 Å². The molecule has 0 saturated carbocycles. The summed E-state index contributed by atoms with van der Waals surface area (Å²) < 4.78 is 5.15. The third-order valence-corrected chi connectivity index (χ3v) is 3.91. The van der Waals surface area contributed by atoms with Gasteiger partial charge < -0.3 is 4.74 Å². The van der Waals surface area contributed by atoms with Crippen molar-refractivity contribution in [3.05, 3.63) is 29.8 Å². The standard InChI is InChI=1S/C14H20O2S/c1-5-13(15)16-12-8-6-11(7-9-12)14(17-4)10(2)3/h6-10,14H,5H2,1-4H3. The van der Waals surface area contributed by atoms with Gasteiger partial charge in [0.2, 0.25) is 0 Å². The van der Waals surface area contributed by atoms with Crippen LogP contribution in [0.25, 0.3) is 0 Å². The summed E-state index contributed by atoms with van der Waals surface area (Å²) in [6.07, 6.45) is 2.52.